The number of aryl methyl sites for hydroxylation is 1. The van der Waals surface area contributed by atoms with Crippen molar-refractivity contribution >= 4 is 17.6 Å². The predicted octanol–water partition coefficient (Wildman–Crippen LogP) is 1.04. The Balaban J connectivity index is 2.31. The molecule has 7 heteroatoms. The number of phenols is 1. The Morgan fingerprint density at radius 3 is 2.57 bits per heavy atom. The molecule has 0 spiro atoms. The van der Waals surface area contributed by atoms with Gasteiger partial charge in [0.05, 0.1) is 5.69 Å². The molecular weight excluding hydrogens is 276 g/mol. The Kier molecular flexibility index (Phi) is 3.75. The second-order valence-electron chi connectivity index (χ2n) is 4.33. The minimum Gasteiger partial charge on any atom is -0.505 e. The Morgan fingerprint density at radius 1 is 1.24 bits per heavy atom. The SMILES string of the molecule is Cn1ccc(C(=O)Nc2cccc(C(=O)O)c2O)cc1=O. The van der Waals surface area contributed by atoms with Gasteiger partial charge in [-0.25, -0.2) is 4.79 Å². The molecule has 0 saturated carbocycles. The third-order valence-electron chi connectivity index (χ3n) is 2.88. The number of hydrogen-bond acceptors (Lipinski definition) is 4. The molecule has 1 aromatic heterocycles. The van der Waals surface area contributed by atoms with E-state index in [1.807, 2.05) is 0 Å². The second-order valence-corrected chi connectivity index (χ2v) is 4.33. The number of hydrogen-bond donors (Lipinski definition) is 3. The highest BCUT2D eigenvalue weighted by atomic mass is 16.4. The van der Waals surface area contributed by atoms with Crippen LogP contribution >= 0.6 is 0 Å². The maximum Gasteiger partial charge on any atom is 0.339 e. The number of carbonyl (C=O) groups is 2. The molecule has 3 N–H and O–H groups in total. The molecule has 0 radical (unpaired) electrons. The van der Waals surface area contributed by atoms with Crippen molar-refractivity contribution in [2.24, 2.45) is 7.05 Å². The summed E-state index contributed by atoms with van der Waals surface area (Å²) in [6.45, 7) is 0. The van der Waals surface area contributed by atoms with Crippen LogP contribution in [-0.4, -0.2) is 26.7 Å². The van der Waals surface area contributed by atoms with E-state index in [-0.39, 0.29) is 22.4 Å². The van der Waals surface area contributed by atoms with Crippen LogP contribution < -0.4 is 10.9 Å². The van der Waals surface area contributed by atoms with Crippen molar-refractivity contribution in [1.82, 2.24) is 4.57 Å². The number of amides is 1. The van der Waals surface area contributed by atoms with Gasteiger partial charge in [0, 0.05) is 24.9 Å². The average Bonchev–Trinajstić information content (AvgIpc) is 2.43. The van der Waals surface area contributed by atoms with E-state index in [1.54, 1.807) is 7.05 Å². The zero-order valence-electron chi connectivity index (χ0n) is 11.0. The van der Waals surface area contributed by atoms with E-state index in [0.717, 1.165) is 6.07 Å². The van der Waals surface area contributed by atoms with Crippen LogP contribution in [0, 0.1) is 0 Å². The molecule has 0 fully saturated rings. The van der Waals surface area contributed by atoms with Crippen LogP contribution in [0.15, 0.2) is 41.3 Å². The Morgan fingerprint density at radius 2 is 1.95 bits per heavy atom. The van der Waals surface area contributed by atoms with E-state index in [1.165, 1.54) is 35.0 Å². The number of rotatable bonds is 3. The van der Waals surface area contributed by atoms with Crippen molar-refractivity contribution in [3.8, 4) is 5.75 Å². The minimum atomic E-state index is -1.31. The number of carboxylic acid groups (broad SMARTS) is 1. The van der Waals surface area contributed by atoms with Gasteiger partial charge in [-0.3, -0.25) is 9.59 Å². The van der Waals surface area contributed by atoms with E-state index >= 15 is 0 Å². The van der Waals surface area contributed by atoms with E-state index in [9.17, 15) is 19.5 Å². The number of aromatic carboxylic acids is 1. The topological polar surface area (TPSA) is 109 Å². The van der Waals surface area contributed by atoms with Crippen molar-refractivity contribution in [3.05, 3.63) is 58.0 Å². The molecule has 0 aliphatic carbocycles. The lowest BCUT2D eigenvalue weighted by Gasteiger charge is -2.09. The van der Waals surface area contributed by atoms with Gasteiger partial charge in [0.15, 0.2) is 5.75 Å². The number of benzene rings is 1. The molecular formula is C14H12N2O5. The zero-order chi connectivity index (χ0) is 15.6. The molecule has 0 aliphatic rings. The second kappa shape index (κ2) is 5.49. The fraction of sp³-hybridized carbons (Fsp3) is 0.0714. The summed E-state index contributed by atoms with van der Waals surface area (Å²) in [7, 11) is 1.55. The van der Waals surface area contributed by atoms with Crippen molar-refractivity contribution in [2.75, 3.05) is 5.32 Å². The smallest absolute Gasteiger partial charge is 0.339 e. The maximum absolute atomic E-state index is 12.0. The third-order valence-corrected chi connectivity index (χ3v) is 2.88. The van der Waals surface area contributed by atoms with Gasteiger partial charge in [-0.2, -0.15) is 0 Å². The molecule has 1 heterocycles. The van der Waals surface area contributed by atoms with Gasteiger partial charge in [0.2, 0.25) is 0 Å². The van der Waals surface area contributed by atoms with Crippen LogP contribution in [0.1, 0.15) is 20.7 Å². The molecule has 7 nitrogen and oxygen atoms in total. The summed E-state index contributed by atoms with van der Waals surface area (Å²) in [5.74, 6) is -2.47. The molecule has 2 aromatic rings. The summed E-state index contributed by atoms with van der Waals surface area (Å²) in [5.41, 5.74) is -0.610. The molecule has 1 aromatic carbocycles. The molecule has 0 aliphatic heterocycles. The summed E-state index contributed by atoms with van der Waals surface area (Å²) < 4.78 is 1.30. The lowest BCUT2D eigenvalue weighted by molar-refractivity contribution is 0.0693. The zero-order valence-corrected chi connectivity index (χ0v) is 11.0. The number of pyridine rings is 1. The third kappa shape index (κ3) is 2.92. The molecule has 1 amide bonds. The minimum absolute atomic E-state index is 0.0411. The fourth-order valence-electron chi connectivity index (χ4n) is 1.70. The van der Waals surface area contributed by atoms with E-state index < -0.39 is 17.6 Å². The van der Waals surface area contributed by atoms with Crippen LogP contribution in [0.4, 0.5) is 5.69 Å². The van der Waals surface area contributed by atoms with Gasteiger partial charge in [0.25, 0.3) is 11.5 Å². The highest BCUT2D eigenvalue weighted by molar-refractivity contribution is 6.06. The van der Waals surface area contributed by atoms with Crippen LogP contribution in [0.25, 0.3) is 0 Å². The van der Waals surface area contributed by atoms with Gasteiger partial charge < -0.3 is 20.1 Å². The summed E-state index contributed by atoms with van der Waals surface area (Å²) in [6.07, 6.45) is 1.44. The number of anilines is 1. The fourth-order valence-corrected chi connectivity index (χ4v) is 1.70. The number of nitrogens with zero attached hydrogens (tertiary/aromatic N) is 1. The first kappa shape index (κ1) is 14.3. The predicted molar refractivity (Wildman–Crippen MR) is 74.7 cm³/mol. The Hall–Kier alpha value is -3.09. The van der Waals surface area contributed by atoms with Crippen molar-refractivity contribution in [3.63, 3.8) is 0 Å². The Labute approximate surface area is 119 Å². The first-order chi connectivity index (χ1) is 9.90. The first-order valence-corrected chi connectivity index (χ1v) is 5.93. The van der Waals surface area contributed by atoms with Crippen LogP contribution in [0.2, 0.25) is 0 Å². The van der Waals surface area contributed by atoms with E-state index in [4.69, 9.17) is 5.11 Å². The summed E-state index contributed by atoms with van der Waals surface area (Å²) in [5, 5.41) is 21.1. The molecule has 108 valence electrons. The number of nitrogens with one attached hydrogen (secondary N) is 1. The van der Waals surface area contributed by atoms with E-state index in [2.05, 4.69) is 5.32 Å². The van der Waals surface area contributed by atoms with Crippen molar-refractivity contribution < 1.29 is 19.8 Å². The molecule has 0 unspecified atom stereocenters. The summed E-state index contributed by atoms with van der Waals surface area (Å²) >= 11 is 0. The molecule has 2 rings (SSSR count). The molecule has 0 bridgehead atoms. The Bertz CT molecular complexity index is 779. The quantitative estimate of drug-likeness (QED) is 0.731. The van der Waals surface area contributed by atoms with Gasteiger partial charge in [-0.05, 0) is 18.2 Å². The monoisotopic (exact) mass is 288 g/mol. The normalized spacial score (nSPS) is 10.1. The lowest BCUT2D eigenvalue weighted by Crippen LogP contribution is -2.20. The van der Waals surface area contributed by atoms with E-state index in [0.29, 0.717) is 0 Å². The van der Waals surface area contributed by atoms with Gasteiger partial charge in [-0.1, -0.05) is 6.07 Å². The number of aromatic nitrogens is 1. The van der Waals surface area contributed by atoms with Gasteiger partial charge in [0.1, 0.15) is 5.56 Å². The molecule has 0 saturated heterocycles. The first-order valence-electron chi connectivity index (χ1n) is 5.93. The van der Waals surface area contributed by atoms with Crippen LogP contribution in [0.3, 0.4) is 0 Å². The number of carbonyl (C=O) groups excluding carboxylic acids is 1. The molecule has 0 atom stereocenters. The van der Waals surface area contributed by atoms with Crippen LogP contribution in [0.5, 0.6) is 5.75 Å². The largest absolute Gasteiger partial charge is 0.505 e. The summed E-state index contributed by atoms with van der Waals surface area (Å²) in [4.78, 5) is 34.4. The van der Waals surface area contributed by atoms with Crippen LogP contribution in [-0.2, 0) is 7.05 Å². The summed E-state index contributed by atoms with van der Waals surface area (Å²) in [6, 6.07) is 6.55. The van der Waals surface area contributed by atoms with Gasteiger partial charge in [-0.15, -0.1) is 0 Å². The number of para-hydroxylation sites is 1. The van der Waals surface area contributed by atoms with Crippen molar-refractivity contribution in [2.45, 2.75) is 0 Å². The average molecular weight is 288 g/mol. The standard InChI is InChI=1S/C14H12N2O5/c1-16-6-5-8(7-11(16)17)13(19)15-10-4-2-3-9(12(10)18)14(20)21/h2-7,18H,1H3,(H,15,19)(H,20,21). The maximum atomic E-state index is 12.0. The number of carboxylic acids is 1. The van der Waals surface area contributed by atoms with Gasteiger partial charge >= 0.3 is 5.97 Å². The highest BCUT2D eigenvalue weighted by Gasteiger charge is 2.15. The number of aromatic hydroxyl groups is 1. The van der Waals surface area contributed by atoms with Crippen molar-refractivity contribution in [1.29, 1.82) is 0 Å². The lowest BCUT2D eigenvalue weighted by atomic mass is 10.1. The highest BCUT2D eigenvalue weighted by Crippen LogP contribution is 2.27. The molecule has 21 heavy (non-hydrogen) atoms.